The van der Waals surface area contributed by atoms with Crippen LogP contribution in [0.3, 0.4) is 0 Å². The van der Waals surface area contributed by atoms with Crippen LogP contribution in [0.4, 0.5) is 0 Å². The molecule has 0 rings (SSSR count). The van der Waals surface area contributed by atoms with Crippen molar-refractivity contribution in [3.8, 4) is 0 Å². The molecule has 0 heterocycles. The summed E-state index contributed by atoms with van der Waals surface area (Å²) >= 11 is 0. The van der Waals surface area contributed by atoms with Crippen molar-refractivity contribution in [1.29, 1.82) is 0 Å². The second-order valence-electron chi connectivity index (χ2n) is 0. The average Bonchev–Trinajstić information content (AvgIpc) is 0. The first-order chi connectivity index (χ1) is 0. The summed E-state index contributed by atoms with van der Waals surface area (Å²) in [5, 5.41) is 0. The van der Waals surface area contributed by atoms with Crippen LogP contribution in [-0.4, -0.2) is 37.7 Å². The third kappa shape index (κ3) is 8.94. The van der Waals surface area contributed by atoms with Crippen molar-refractivity contribution in [2.24, 2.45) is 0 Å². The van der Waals surface area contributed by atoms with Crippen LogP contribution in [0.15, 0.2) is 0 Å². The summed E-state index contributed by atoms with van der Waals surface area (Å²) in [5.41, 5.74) is 0. The van der Waals surface area contributed by atoms with Crippen molar-refractivity contribution in [3.63, 3.8) is 0 Å². The van der Waals surface area contributed by atoms with Crippen molar-refractivity contribution < 1.29 is 35.6 Å². The molecular formula is H6CaLaS2. The monoisotopic (exact) mass is 249 g/mol. The van der Waals surface area contributed by atoms with Gasteiger partial charge < -0.3 is 0 Å². The van der Waals surface area contributed by atoms with Crippen LogP contribution in [-0.2, 0) is 0 Å². The van der Waals surface area contributed by atoms with Gasteiger partial charge in [-0.25, -0.2) is 0 Å². The van der Waals surface area contributed by atoms with Gasteiger partial charge in [-0.05, 0) is 0 Å². The van der Waals surface area contributed by atoms with Crippen molar-refractivity contribution in [2.45, 2.75) is 0 Å². The maximum Gasteiger partial charge on any atom is 0 e. The molecule has 4 heavy (non-hydrogen) atoms. The first-order valence-electron chi connectivity index (χ1n) is 0. The molecule has 0 unspecified atom stereocenters. The molecule has 0 amide bonds. The normalized spacial score (nSPS) is 0. The quantitative estimate of drug-likeness (QED) is 0.498. The van der Waals surface area contributed by atoms with Crippen LogP contribution in [0.2, 0.25) is 0 Å². The van der Waals surface area contributed by atoms with Crippen LogP contribution < -0.4 is 0 Å². The third-order valence-electron chi connectivity index (χ3n) is 0. The summed E-state index contributed by atoms with van der Waals surface area (Å²) in [7, 11) is 0. The van der Waals surface area contributed by atoms with E-state index in [2.05, 4.69) is 0 Å². The summed E-state index contributed by atoms with van der Waals surface area (Å²) in [6.07, 6.45) is 0. The van der Waals surface area contributed by atoms with Crippen molar-refractivity contribution in [3.05, 3.63) is 0 Å². The summed E-state index contributed by atoms with van der Waals surface area (Å²) in [6.45, 7) is 0. The van der Waals surface area contributed by atoms with Gasteiger partial charge in [0, 0.05) is 35.6 Å². The first kappa shape index (κ1) is 27.2. The van der Waals surface area contributed by atoms with E-state index in [-0.39, 0.29) is 100 Å². The molecule has 0 bridgehead atoms. The van der Waals surface area contributed by atoms with Crippen molar-refractivity contribution in [2.75, 3.05) is 0 Å². The fraction of sp³-hybridized carbons (Fsp3) is 0. The molecule has 0 aliphatic heterocycles. The van der Waals surface area contributed by atoms with Gasteiger partial charge in [-0.1, -0.05) is 0 Å². The Labute approximate surface area is 98.0 Å². The predicted molar refractivity (Wildman–Crippen MR) is 29.3 cm³/mol. The largest absolute Gasteiger partial charge is 0 e. The molecule has 0 aromatic carbocycles. The molecule has 0 fully saturated rings. The molecule has 4 heteroatoms. The average molecular weight is 249 g/mol. The Bertz CT molecular complexity index is 6.00. The Hall–Kier alpha value is 3.15. The molecule has 0 atom stereocenters. The van der Waals surface area contributed by atoms with Crippen LogP contribution in [0.25, 0.3) is 0 Å². The number of hydrogen-bond donors (Lipinski definition) is 0. The summed E-state index contributed by atoms with van der Waals surface area (Å²) in [4.78, 5) is 0. The van der Waals surface area contributed by atoms with Crippen LogP contribution >= 0.6 is 27.0 Å². The molecule has 0 spiro atoms. The zero-order valence-corrected chi connectivity index (χ0v) is 7.20. The molecule has 0 aromatic rings. The Kier molecular flexibility index (Phi) is 112. The molecule has 0 saturated carbocycles. The van der Waals surface area contributed by atoms with Gasteiger partial charge in [-0.15, -0.1) is 0 Å². The molecule has 0 nitrogen and oxygen atoms in total. The van der Waals surface area contributed by atoms with Gasteiger partial charge in [0.15, 0.2) is 0 Å². The van der Waals surface area contributed by atoms with Gasteiger partial charge in [0.05, 0.1) is 0 Å². The summed E-state index contributed by atoms with van der Waals surface area (Å²) in [5.74, 6) is 0. The number of hydrogen-bond acceptors (Lipinski definition) is 0. The maximum atomic E-state index is 0. The van der Waals surface area contributed by atoms with E-state index in [0.717, 1.165) is 0 Å². The molecule has 0 aromatic heterocycles. The minimum Gasteiger partial charge on any atom is 0 e. The second-order valence-corrected chi connectivity index (χ2v) is 0. The Morgan fingerprint density at radius 3 is 0.750 bits per heavy atom. The van der Waals surface area contributed by atoms with E-state index in [1.165, 1.54) is 0 Å². The van der Waals surface area contributed by atoms with E-state index >= 15 is 0 Å². The SMILES string of the molecule is S.S.[CaH2].[La]. The van der Waals surface area contributed by atoms with Crippen molar-refractivity contribution in [1.82, 2.24) is 0 Å². The minimum atomic E-state index is 0. The minimum absolute atomic E-state index is 0. The molecule has 23 valence electrons. The number of rotatable bonds is 0. The fourth-order valence-corrected chi connectivity index (χ4v) is 0. The van der Waals surface area contributed by atoms with Gasteiger partial charge in [0.2, 0.25) is 0 Å². The molecule has 0 aliphatic rings. The topological polar surface area (TPSA) is 0 Å². The second kappa shape index (κ2) is 16.4. The van der Waals surface area contributed by atoms with Crippen molar-refractivity contribution >= 4 is 64.7 Å². The molecule has 1 radical (unpaired) electrons. The molecular weight excluding hydrogens is 243 g/mol. The van der Waals surface area contributed by atoms with E-state index in [1.807, 2.05) is 0 Å². The fourth-order valence-electron chi connectivity index (χ4n) is 0. The van der Waals surface area contributed by atoms with Crippen LogP contribution in [0.1, 0.15) is 0 Å². The maximum absolute atomic E-state index is 0. The first-order valence-corrected chi connectivity index (χ1v) is 0. The molecule has 0 saturated heterocycles. The van der Waals surface area contributed by atoms with Gasteiger partial charge >= 0.3 is 37.7 Å². The smallest absolute Gasteiger partial charge is 0 e. The molecule has 0 N–H and O–H groups in total. The summed E-state index contributed by atoms with van der Waals surface area (Å²) < 4.78 is 0. The zero-order valence-electron chi connectivity index (χ0n) is 1.58. The van der Waals surface area contributed by atoms with Gasteiger partial charge in [0.25, 0.3) is 0 Å². The van der Waals surface area contributed by atoms with Gasteiger partial charge in [0.1, 0.15) is 0 Å². The van der Waals surface area contributed by atoms with E-state index < -0.39 is 0 Å². The predicted octanol–water partition coefficient (Wildman–Crippen LogP) is -0.691. The zero-order chi connectivity index (χ0) is 0. The van der Waals surface area contributed by atoms with E-state index in [4.69, 9.17) is 0 Å². The van der Waals surface area contributed by atoms with Gasteiger partial charge in [-0.2, -0.15) is 27.0 Å². The Balaban J connectivity index is 0. The van der Waals surface area contributed by atoms with E-state index in [0.29, 0.717) is 0 Å². The Morgan fingerprint density at radius 1 is 0.750 bits per heavy atom. The van der Waals surface area contributed by atoms with E-state index in [1.54, 1.807) is 0 Å². The standard InChI is InChI=1S/Ca.La.2H2S.2H/h;;2*1H2;;. The van der Waals surface area contributed by atoms with Gasteiger partial charge in [-0.3, -0.25) is 0 Å². The van der Waals surface area contributed by atoms with Crippen LogP contribution in [0.5, 0.6) is 0 Å². The third-order valence-corrected chi connectivity index (χ3v) is 0. The van der Waals surface area contributed by atoms with E-state index in [9.17, 15) is 0 Å². The summed E-state index contributed by atoms with van der Waals surface area (Å²) in [6, 6.07) is 0. The van der Waals surface area contributed by atoms with Crippen LogP contribution in [0, 0.1) is 35.6 Å². The Morgan fingerprint density at radius 2 is 0.750 bits per heavy atom. The molecule has 0 aliphatic carbocycles.